The van der Waals surface area contributed by atoms with Gasteiger partial charge in [0.05, 0.1) is 5.69 Å². The lowest BCUT2D eigenvalue weighted by Crippen LogP contribution is -2.05. The van der Waals surface area contributed by atoms with Crippen LogP contribution in [0.5, 0.6) is 0 Å². The van der Waals surface area contributed by atoms with E-state index in [0.717, 1.165) is 17.0 Å². The fraction of sp³-hybridized carbons (Fsp3) is 0.368. The van der Waals surface area contributed by atoms with E-state index in [1.54, 1.807) is 18.2 Å². The first kappa shape index (κ1) is 17.2. The van der Waals surface area contributed by atoms with Crippen LogP contribution < -0.4 is 0 Å². The van der Waals surface area contributed by atoms with Gasteiger partial charge in [0, 0.05) is 11.4 Å². The van der Waals surface area contributed by atoms with Crippen molar-refractivity contribution in [2.24, 2.45) is 0 Å². The van der Waals surface area contributed by atoms with Gasteiger partial charge in [-0.25, -0.2) is 4.39 Å². The summed E-state index contributed by atoms with van der Waals surface area (Å²) in [5.74, 6) is 0.120. The van der Waals surface area contributed by atoms with Crippen molar-refractivity contribution in [1.29, 1.82) is 0 Å². The molecule has 0 aliphatic carbocycles. The van der Waals surface area contributed by atoms with Crippen LogP contribution in [0.4, 0.5) is 4.39 Å². The topological polar surface area (TPSA) is 4.93 Å². The fourth-order valence-electron chi connectivity index (χ4n) is 2.25. The van der Waals surface area contributed by atoms with Crippen molar-refractivity contribution in [3.8, 4) is 5.69 Å². The summed E-state index contributed by atoms with van der Waals surface area (Å²) in [7, 11) is 0. The van der Waals surface area contributed by atoms with Gasteiger partial charge in [0.1, 0.15) is 5.82 Å². The van der Waals surface area contributed by atoms with Crippen LogP contribution in [0.15, 0.2) is 36.9 Å². The molecule has 0 amide bonds. The van der Waals surface area contributed by atoms with E-state index in [-0.39, 0.29) is 5.82 Å². The largest absolute Gasteiger partial charge is 0.311 e. The van der Waals surface area contributed by atoms with Gasteiger partial charge in [-0.15, -0.1) is 0 Å². The molecule has 0 spiro atoms. The molecule has 0 atom stereocenters. The second kappa shape index (κ2) is 7.82. The molecule has 1 heterocycles. The Balaban J connectivity index is 0.000000677. The average Bonchev–Trinajstić information content (AvgIpc) is 2.77. The van der Waals surface area contributed by atoms with E-state index >= 15 is 0 Å². The Morgan fingerprint density at radius 2 is 1.81 bits per heavy atom. The first-order chi connectivity index (χ1) is 9.97. The molecule has 1 aromatic carbocycles. The van der Waals surface area contributed by atoms with E-state index in [2.05, 4.69) is 40.3 Å². The lowest BCUT2D eigenvalue weighted by Gasteiger charge is -2.15. The molecule has 0 aliphatic heterocycles. The summed E-state index contributed by atoms with van der Waals surface area (Å²) in [6.45, 7) is 14.3. The minimum atomic E-state index is -0.210. The van der Waals surface area contributed by atoms with Gasteiger partial charge in [0.25, 0.3) is 0 Å². The number of benzene rings is 1. The molecule has 0 radical (unpaired) electrons. The Bertz CT molecular complexity index is 594. The molecule has 21 heavy (non-hydrogen) atoms. The summed E-state index contributed by atoms with van der Waals surface area (Å²) in [6.07, 6.45) is 3.04. The molecule has 1 nitrogen and oxygen atoms in total. The van der Waals surface area contributed by atoms with Crippen molar-refractivity contribution in [3.63, 3.8) is 0 Å². The SMILES string of the molecule is C=Cc1c(C)cc(C(C)C)n1-c1ccccc1F.CCC. The van der Waals surface area contributed by atoms with E-state index in [4.69, 9.17) is 0 Å². The van der Waals surface area contributed by atoms with Crippen molar-refractivity contribution in [2.75, 3.05) is 0 Å². The number of para-hydroxylation sites is 1. The molecule has 2 heteroatoms. The van der Waals surface area contributed by atoms with E-state index in [1.165, 1.54) is 12.5 Å². The van der Waals surface area contributed by atoms with E-state index < -0.39 is 0 Å². The predicted molar refractivity (Wildman–Crippen MR) is 90.6 cm³/mol. The number of aromatic nitrogens is 1. The maximum absolute atomic E-state index is 14.0. The zero-order valence-electron chi connectivity index (χ0n) is 13.8. The third-order valence-electron chi connectivity index (χ3n) is 3.15. The van der Waals surface area contributed by atoms with Crippen molar-refractivity contribution in [1.82, 2.24) is 4.57 Å². The standard InChI is InChI=1S/C16H18FN.C3H8/c1-5-14-12(4)10-16(11(2)3)18(14)15-9-7-6-8-13(15)17;1-3-2/h5-11H,1H2,2-4H3;3H2,1-2H3. The van der Waals surface area contributed by atoms with Crippen LogP contribution in [0, 0.1) is 12.7 Å². The normalized spacial score (nSPS) is 10.2. The average molecular weight is 287 g/mol. The molecular weight excluding hydrogens is 261 g/mol. The van der Waals surface area contributed by atoms with Gasteiger partial charge in [0.15, 0.2) is 0 Å². The third-order valence-corrected chi connectivity index (χ3v) is 3.15. The van der Waals surface area contributed by atoms with Crippen molar-refractivity contribution in [2.45, 2.75) is 47.0 Å². The molecule has 0 aliphatic rings. The van der Waals surface area contributed by atoms with Gasteiger partial charge in [-0.3, -0.25) is 0 Å². The maximum atomic E-state index is 14.0. The van der Waals surface area contributed by atoms with E-state index in [1.807, 2.05) is 17.6 Å². The summed E-state index contributed by atoms with van der Waals surface area (Å²) >= 11 is 0. The second-order valence-electron chi connectivity index (χ2n) is 5.49. The highest BCUT2D eigenvalue weighted by Gasteiger charge is 2.16. The molecule has 114 valence electrons. The number of nitrogens with zero attached hydrogens (tertiary/aromatic N) is 1. The van der Waals surface area contributed by atoms with Crippen LogP contribution in [0.3, 0.4) is 0 Å². The Morgan fingerprint density at radius 1 is 1.24 bits per heavy atom. The second-order valence-corrected chi connectivity index (χ2v) is 5.49. The first-order valence-corrected chi connectivity index (χ1v) is 7.57. The highest BCUT2D eigenvalue weighted by Crippen LogP contribution is 2.28. The fourth-order valence-corrected chi connectivity index (χ4v) is 2.25. The monoisotopic (exact) mass is 287 g/mol. The van der Waals surface area contributed by atoms with Gasteiger partial charge < -0.3 is 4.57 Å². The van der Waals surface area contributed by atoms with Gasteiger partial charge in [-0.05, 0) is 42.7 Å². The molecule has 2 rings (SSSR count). The quantitative estimate of drug-likeness (QED) is 0.642. The number of hydrogen-bond acceptors (Lipinski definition) is 0. The molecule has 0 saturated heterocycles. The number of aryl methyl sites for hydroxylation is 1. The van der Waals surface area contributed by atoms with E-state index in [0.29, 0.717) is 11.6 Å². The molecule has 1 aromatic heterocycles. The van der Waals surface area contributed by atoms with Crippen LogP contribution in [0.2, 0.25) is 0 Å². The molecule has 0 unspecified atom stereocenters. The number of rotatable bonds is 3. The lowest BCUT2D eigenvalue weighted by atomic mass is 10.1. The molecule has 2 aromatic rings. The Hall–Kier alpha value is -1.83. The number of halogens is 1. The smallest absolute Gasteiger partial charge is 0.147 e. The van der Waals surface area contributed by atoms with Crippen LogP contribution in [-0.2, 0) is 0 Å². The molecule has 0 bridgehead atoms. The first-order valence-electron chi connectivity index (χ1n) is 7.57. The minimum Gasteiger partial charge on any atom is -0.311 e. The Kier molecular flexibility index (Phi) is 6.41. The lowest BCUT2D eigenvalue weighted by molar-refractivity contribution is 0.613. The number of hydrogen-bond donors (Lipinski definition) is 0. The summed E-state index contributed by atoms with van der Waals surface area (Å²) in [5, 5.41) is 0. The third kappa shape index (κ3) is 3.84. The molecule has 0 fully saturated rings. The zero-order valence-corrected chi connectivity index (χ0v) is 13.8. The molecule has 0 N–H and O–H groups in total. The van der Waals surface area contributed by atoms with Crippen molar-refractivity contribution >= 4 is 6.08 Å². The predicted octanol–water partition coefficient (Wildman–Crippen LogP) is 6.11. The molecule has 0 saturated carbocycles. The summed E-state index contributed by atoms with van der Waals surface area (Å²) in [4.78, 5) is 0. The van der Waals surface area contributed by atoms with Crippen LogP contribution in [0.1, 0.15) is 57.0 Å². The Morgan fingerprint density at radius 3 is 2.29 bits per heavy atom. The van der Waals surface area contributed by atoms with E-state index in [9.17, 15) is 4.39 Å². The van der Waals surface area contributed by atoms with Gasteiger partial charge in [-0.2, -0.15) is 0 Å². The Labute approximate surface area is 128 Å². The van der Waals surface area contributed by atoms with Gasteiger partial charge in [-0.1, -0.05) is 52.8 Å². The van der Waals surface area contributed by atoms with Gasteiger partial charge in [0.2, 0.25) is 0 Å². The van der Waals surface area contributed by atoms with Crippen molar-refractivity contribution in [3.05, 3.63) is 59.7 Å². The summed E-state index contributed by atoms with van der Waals surface area (Å²) in [5.41, 5.74) is 3.78. The zero-order chi connectivity index (χ0) is 16.0. The highest BCUT2D eigenvalue weighted by atomic mass is 19.1. The highest BCUT2D eigenvalue weighted by molar-refractivity contribution is 5.55. The summed E-state index contributed by atoms with van der Waals surface area (Å²) in [6, 6.07) is 8.95. The van der Waals surface area contributed by atoms with Crippen LogP contribution >= 0.6 is 0 Å². The molecular formula is C19H26FN. The maximum Gasteiger partial charge on any atom is 0.147 e. The summed E-state index contributed by atoms with van der Waals surface area (Å²) < 4.78 is 15.9. The van der Waals surface area contributed by atoms with Crippen LogP contribution in [-0.4, -0.2) is 4.57 Å². The van der Waals surface area contributed by atoms with Crippen molar-refractivity contribution < 1.29 is 4.39 Å². The van der Waals surface area contributed by atoms with Gasteiger partial charge >= 0.3 is 0 Å². The van der Waals surface area contributed by atoms with Crippen LogP contribution in [0.25, 0.3) is 11.8 Å². The minimum absolute atomic E-state index is 0.210.